The molecule has 5 aromatic carbocycles. The molecule has 0 aliphatic carbocycles. The van der Waals surface area contributed by atoms with Gasteiger partial charge in [0, 0.05) is 16.3 Å². The Kier molecular flexibility index (Phi) is 4.87. The summed E-state index contributed by atoms with van der Waals surface area (Å²) < 4.78 is 0. The van der Waals surface area contributed by atoms with E-state index in [2.05, 4.69) is 91.0 Å². The largest absolute Gasteiger partial charge is 0.247 e. The Bertz CT molecular complexity index is 1700. The van der Waals surface area contributed by atoms with Gasteiger partial charge in [-0.15, -0.1) is 0 Å². The molecule has 6 rings (SSSR count). The minimum Gasteiger partial charge on any atom is -0.247 e. The highest BCUT2D eigenvalue weighted by Gasteiger charge is 2.15. The summed E-state index contributed by atoms with van der Waals surface area (Å²) in [6, 6.07) is 43.8. The van der Waals surface area contributed by atoms with Crippen LogP contribution in [-0.2, 0) is 0 Å². The smallest absolute Gasteiger partial charge is 0.0991 e. The number of benzene rings is 5. The van der Waals surface area contributed by atoms with Crippen molar-refractivity contribution >= 4 is 21.7 Å². The third-order valence-electron chi connectivity index (χ3n) is 6.28. The fraction of sp³-hybridized carbons (Fsp3) is 0. The quantitative estimate of drug-likeness (QED) is 0.264. The van der Waals surface area contributed by atoms with Gasteiger partial charge in [-0.3, -0.25) is 0 Å². The molecule has 0 saturated carbocycles. The molecule has 2 nitrogen and oxygen atoms in total. The van der Waals surface area contributed by atoms with Crippen LogP contribution in [0.25, 0.3) is 55.2 Å². The van der Waals surface area contributed by atoms with Crippen LogP contribution < -0.4 is 0 Å². The Morgan fingerprint density at radius 2 is 1.09 bits per heavy atom. The molecule has 0 saturated heterocycles. The van der Waals surface area contributed by atoms with Crippen molar-refractivity contribution in [3.63, 3.8) is 0 Å². The predicted molar refractivity (Wildman–Crippen MR) is 140 cm³/mol. The zero-order valence-electron chi connectivity index (χ0n) is 18.4. The molecule has 6 aromatic rings. The number of pyridine rings is 1. The summed E-state index contributed by atoms with van der Waals surface area (Å²) in [6.07, 6.45) is 0. The number of aromatic nitrogens is 1. The van der Waals surface area contributed by atoms with Gasteiger partial charge in [0.1, 0.15) is 0 Å². The summed E-state index contributed by atoms with van der Waals surface area (Å²) >= 11 is 0. The molecule has 0 radical (unpaired) electrons. The second kappa shape index (κ2) is 8.31. The average molecular weight is 433 g/mol. The third kappa shape index (κ3) is 3.41. The van der Waals surface area contributed by atoms with Crippen LogP contribution in [0.2, 0.25) is 0 Å². The van der Waals surface area contributed by atoms with Gasteiger partial charge in [-0.2, -0.15) is 5.26 Å². The van der Waals surface area contributed by atoms with Gasteiger partial charge < -0.3 is 0 Å². The molecule has 158 valence electrons. The summed E-state index contributed by atoms with van der Waals surface area (Å²) in [5.74, 6) is 0. The van der Waals surface area contributed by atoms with E-state index in [1.165, 1.54) is 16.5 Å². The van der Waals surface area contributed by atoms with Crippen molar-refractivity contribution in [3.8, 4) is 39.6 Å². The molecule has 0 N–H and O–H groups in total. The van der Waals surface area contributed by atoms with Gasteiger partial charge in [0.05, 0.1) is 22.8 Å². The summed E-state index contributed by atoms with van der Waals surface area (Å²) in [7, 11) is 0. The normalized spacial score (nSPS) is 10.9. The van der Waals surface area contributed by atoms with E-state index in [9.17, 15) is 5.26 Å². The Hall–Kier alpha value is -4.74. The van der Waals surface area contributed by atoms with E-state index in [-0.39, 0.29) is 0 Å². The van der Waals surface area contributed by atoms with Crippen molar-refractivity contribution in [2.45, 2.75) is 0 Å². The minimum atomic E-state index is 0.630. The van der Waals surface area contributed by atoms with Gasteiger partial charge in [-0.25, -0.2) is 4.98 Å². The number of nitriles is 1. The van der Waals surface area contributed by atoms with Gasteiger partial charge >= 0.3 is 0 Å². The first-order valence-corrected chi connectivity index (χ1v) is 11.3. The van der Waals surface area contributed by atoms with E-state index < -0.39 is 0 Å². The van der Waals surface area contributed by atoms with Crippen LogP contribution in [0.5, 0.6) is 0 Å². The summed E-state index contributed by atoms with van der Waals surface area (Å²) in [5, 5.41) is 12.8. The van der Waals surface area contributed by atoms with Crippen LogP contribution >= 0.6 is 0 Å². The molecule has 1 aromatic heterocycles. The van der Waals surface area contributed by atoms with E-state index in [0.29, 0.717) is 5.56 Å². The number of fused-ring (bicyclic) bond motifs is 3. The van der Waals surface area contributed by atoms with Crippen molar-refractivity contribution < 1.29 is 0 Å². The molecule has 0 spiro atoms. The summed E-state index contributed by atoms with van der Waals surface area (Å²) in [5.41, 5.74) is 8.05. The van der Waals surface area contributed by atoms with E-state index >= 15 is 0 Å². The lowest BCUT2D eigenvalue weighted by Crippen LogP contribution is -1.93. The minimum absolute atomic E-state index is 0.630. The van der Waals surface area contributed by atoms with Crippen LogP contribution in [-0.4, -0.2) is 4.98 Å². The van der Waals surface area contributed by atoms with E-state index in [4.69, 9.17) is 4.98 Å². The molecule has 34 heavy (non-hydrogen) atoms. The number of rotatable bonds is 3. The van der Waals surface area contributed by atoms with Crippen molar-refractivity contribution in [2.75, 3.05) is 0 Å². The maximum Gasteiger partial charge on any atom is 0.0991 e. The first-order chi connectivity index (χ1) is 16.8. The third-order valence-corrected chi connectivity index (χ3v) is 6.28. The van der Waals surface area contributed by atoms with Crippen LogP contribution in [0.4, 0.5) is 0 Å². The SMILES string of the molecule is N#Cc1cccc(-c2cc(-c3ccccc3)c3cc(-c4ccccc4)c4ccccc4c3n2)c1. The highest BCUT2D eigenvalue weighted by molar-refractivity contribution is 6.16. The van der Waals surface area contributed by atoms with Gasteiger partial charge in [-0.1, -0.05) is 97.1 Å². The number of nitrogens with zero attached hydrogens (tertiary/aromatic N) is 2. The summed E-state index contributed by atoms with van der Waals surface area (Å²) in [6.45, 7) is 0. The van der Waals surface area contributed by atoms with Crippen molar-refractivity contribution in [3.05, 3.63) is 127 Å². The molecule has 0 atom stereocenters. The van der Waals surface area contributed by atoms with E-state index in [1.54, 1.807) is 0 Å². The fourth-order valence-electron chi connectivity index (χ4n) is 4.66. The lowest BCUT2D eigenvalue weighted by atomic mass is 9.91. The zero-order chi connectivity index (χ0) is 22.9. The maximum absolute atomic E-state index is 9.42. The summed E-state index contributed by atoms with van der Waals surface area (Å²) in [4.78, 5) is 5.16. The topological polar surface area (TPSA) is 36.7 Å². The number of hydrogen-bond donors (Lipinski definition) is 0. The highest BCUT2D eigenvalue weighted by atomic mass is 14.7. The van der Waals surface area contributed by atoms with E-state index in [1.807, 2.05) is 36.4 Å². The lowest BCUT2D eigenvalue weighted by molar-refractivity contribution is 1.40. The number of hydrogen-bond acceptors (Lipinski definition) is 2. The molecular weight excluding hydrogens is 412 g/mol. The van der Waals surface area contributed by atoms with Gasteiger partial charge in [0.2, 0.25) is 0 Å². The van der Waals surface area contributed by atoms with Gasteiger partial charge in [0.15, 0.2) is 0 Å². The molecule has 0 unspecified atom stereocenters. The first kappa shape index (κ1) is 19.9. The predicted octanol–water partition coefficient (Wildman–Crippen LogP) is 8.26. The van der Waals surface area contributed by atoms with Gasteiger partial charge in [-0.05, 0) is 51.9 Å². The fourth-order valence-corrected chi connectivity index (χ4v) is 4.66. The Morgan fingerprint density at radius 1 is 0.500 bits per heavy atom. The van der Waals surface area contributed by atoms with Crippen LogP contribution in [0.15, 0.2) is 121 Å². The lowest BCUT2D eigenvalue weighted by Gasteiger charge is -2.15. The zero-order valence-corrected chi connectivity index (χ0v) is 18.4. The first-order valence-electron chi connectivity index (χ1n) is 11.3. The second-order valence-corrected chi connectivity index (χ2v) is 8.35. The Morgan fingerprint density at radius 3 is 1.76 bits per heavy atom. The molecule has 2 heteroatoms. The molecule has 1 heterocycles. The van der Waals surface area contributed by atoms with Crippen molar-refractivity contribution in [1.82, 2.24) is 4.98 Å². The maximum atomic E-state index is 9.42. The molecule has 0 aliphatic rings. The van der Waals surface area contributed by atoms with Crippen LogP contribution in [0, 0.1) is 11.3 Å². The molecular formula is C32H20N2. The average Bonchev–Trinajstić information content (AvgIpc) is 2.93. The van der Waals surface area contributed by atoms with Crippen molar-refractivity contribution in [1.29, 1.82) is 5.26 Å². The highest BCUT2D eigenvalue weighted by Crippen LogP contribution is 2.40. The Labute approximate surface area is 198 Å². The molecule has 0 aliphatic heterocycles. The van der Waals surface area contributed by atoms with Crippen LogP contribution in [0.3, 0.4) is 0 Å². The molecule has 0 amide bonds. The molecule has 0 fully saturated rings. The standard InChI is InChI=1S/C32H20N2/c33-21-22-10-9-15-25(18-22)31-20-29(24-13-5-2-6-14-24)30-19-28(23-11-3-1-4-12-23)26-16-7-8-17-27(26)32(30)34-31/h1-20H. The van der Waals surface area contributed by atoms with E-state index in [0.717, 1.165) is 38.7 Å². The van der Waals surface area contributed by atoms with Crippen molar-refractivity contribution in [2.24, 2.45) is 0 Å². The molecule has 0 bridgehead atoms. The second-order valence-electron chi connectivity index (χ2n) is 8.35. The van der Waals surface area contributed by atoms with Crippen LogP contribution in [0.1, 0.15) is 5.56 Å². The monoisotopic (exact) mass is 432 g/mol. The Balaban J connectivity index is 1.75. The van der Waals surface area contributed by atoms with Gasteiger partial charge in [0.25, 0.3) is 0 Å².